The van der Waals surface area contributed by atoms with Crippen molar-refractivity contribution in [3.05, 3.63) is 57.9 Å². The quantitative estimate of drug-likeness (QED) is 0.834. The van der Waals surface area contributed by atoms with Crippen molar-refractivity contribution in [3.8, 4) is 0 Å². The molecule has 1 aromatic carbocycles. The molecule has 2 aromatic rings. The number of pyridine rings is 1. The van der Waals surface area contributed by atoms with Gasteiger partial charge in [-0.15, -0.1) is 0 Å². The second-order valence-electron chi connectivity index (χ2n) is 4.51. The Hall–Kier alpha value is -1.54. The van der Waals surface area contributed by atoms with E-state index in [-0.39, 0.29) is 0 Å². The molecule has 1 heterocycles. The first-order valence-corrected chi connectivity index (χ1v) is 6.37. The van der Waals surface area contributed by atoms with Gasteiger partial charge >= 0.3 is 0 Å². The van der Waals surface area contributed by atoms with Crippen molar-refractivity contribution in [1.82, 2.24) is 4.98 Å². The van der Waals surface area contributed by atoms with E-state index in [2.05, 4.69) is 42.3 Å². The van der Waals surface area contributed by atoms with Crippen LogP contribution in [-0.4, -0.2) is 4.98 Å². The molecule has 1 aromatic heterocycles. The second-order valence-corrected chi connectivity index (χ2v) is 4.86. The van der Waals surface area contributed by atoms with Crippen molar-refractivity contribution in [1.29, 1.82) is 0 Å². The number of benzene rings is 1. The first kappa shape index (κ1) is 12.9. The highest BCUT2D eigenvalue weighted by Gasteiger charge is 2.06. The molecule has 0 atom stereocenters. The molecule has 18 heavy (non-hydrogen) atoms. The van der Waals surface area contributed by atoms with Gasteiger partial charge in [0.15, 0.2) is 5.15 Å². The maximum Gasteiger partial charge on any atom is 0.152 e. The molecular formula is C15H17ClN2. The first-order valence-electron chi connectivity index (χ1n) is 5.99. The highest BCUT2D eigenvalue weighted by Crippen LogP contribution is 2.24. The number of anilines is 1. The monoisotopic (exact) mass is 260 g/mol. The van der Waals surface area contributed by atoms with Gasteiger partial charge in [-0.3, -0.25) is 0 Å². The SMILES string of the molecule is Cc1cccc(CNc2c(C)ccnc2Cl)c1C. The highest BCUT2D eigenvalue weighted by atomic mass is 35.5. The van der Waals surface area contributed by atoms with Crippen LogP contribution in [0.3, 0.4) is 0 Å². The summed E-state index contributed by atoms with van der Waals surface area (Å²) in [7, 11) is 0. The fourth-order valence-electron chi connectivity index (χ4n) is 1.92. The summed E-state index contributed by atoms with van der Waals surface area (Å²) >= 11 is 6.09. The molecule has 0 aliphatic rings. The summed E-state index contributed by atoms with van der Waals surface area (Å²) in [6.45, 7) is 7.06. The molecule has 0 radical (unpaired) electrons. The maximum atomic E-state index is 6.09. The standard InChI is InChI=1S/C15H17ClN2/c1-10-5-4-6-13(12(10)3)9-18-14-11(2)7-8-17-15(14)16/h4-8,18H,9H2,1-3H3. The van der Waals surface area contributed by atoms with Crippen LogP contribution >= 0.6 is 11.6 Å². The average molecular weight is 261 g/mol. The smallest absolute Gasteiger partial charge is 0.152 e. The lowest BCUT2D eigenvalue weighted by atomic mass is 10.0. The van der Waals surface area contributed by atoms with Gasteiger partial charge in [0.05, 0.1) is 5.69 Å². The maximum absolute atomic E-state index is 6.09. The van der Waals surface area contributed by atoms with E-state index >= 15 is 0 Å². The Balaban J connectivity index is 2.19. The van der Waals surface area contributed by atoms with E-state index in [4.69, 9.17) is 11.6 Å². The molecular weight excluding hydrogens is 244 g/mol. The first-order chi connectivity index (χ1) is 8.59. The van der Waals surface area contributed by atoms with Crippen LogP contribution in [0.15, 0.2) is 30.5 Å². The van der Waals surface area contributed by atoms with Crippen molar-refractivity contribution in [3.63, 3.8) is 0 Å². The summed E-state index contributed by atoms with van der Waals surface area (Å²) in [5, 5.41) is 3.90. The predicted molar refractivity (Wildman–Crippen MR) is 77.2 cm³/mol. The number of rotatable bonds is 3. The molecule has 0 unspecified atom stereocenters. The molecule has 0 saturated carbocycles. The van der Waals surface area contributed by atoms with Crippen LogP contribution < -0.4 is 5.32 Å². The van der Waals surface area contributed by atoms with E-state index < -0.39 is 0 Å². The molecule has 1 N–H and O–H groups in total. The highest BCUT2D eigenvalue weighted by molar-refractivity contribution is 6.32. The van der Waals surface area contributed by atoms with Crippen LogP contribution in [-0.2, 0) is 6.54 Å². The Bertz CT molecular complexity index is 544. The molecule has 0 amide bonds. The predicted octanol–water partition coefficient (Wildman–Crippen LogP) is 4.27. The van der Waals surface area contributed by atoms with Crippen molar-refractivity contribution in [2.24, 2.45) is 0 Å². The normalized spacial score (nSPS) is 10.4. The lowest BCUT2D eigenvalue weighted by Crippen LogP contribution is -2.04. The van der Waals surface area contributed by atoms with Crippen molar-refractivity contribution in [2.75, 3.05) is 5.32 Å². The molecule has 0 bridgehead atoms. The minimum Gasteiger partial charge on any atom is -0.378 e. The number of nitrogens with one attached hydrogen (secondary N) is 1. The Morgan fingerprint density at radius 1 is 1.11 bits per heavy atom. The molecule has 2 nitrogen and oxygen atoms in total. The summed E-state index contributed by atoms with van der Waals surface area (Å²) in [4.78, 5) is 4.10. The van der Waals surface area contributed by atoms with E-state index in [1.165, 1.54) is 16.7 Å². The third kappa shape index (κ3) is 2.65. The number of hydrogen-bond donors (Lipinski definition) is 1. The van der Waals surface area contributed by atoms with Gasteiger partial charge in [-0.1, -0.05) is 29.8 Å². The largest absolute Gasteiger partial charge is 0.378 e. The molecule has 2 rings (SSSR count). The van der Waals surface area contributed by atoms with Crippen molar-refractivity contribution >= 4 is 17.3 Å². The second kappa shape index (κ2) is 5.40. The Labute approximate surface area is 113 Å². The van der Waals surface area contributed by atoms with Gasteiger partial charge in [0.25, 0.3) is 0 Å². The third-order valence-corrected chi connectivity index (χ3v) is 3.57. The molecule has 0 saturated heterocycles. The van der Waals surface area contributed by atoms with Gasteiger partial charge in [0.2, 0.25) is 0 Å². The minimum atomic E-state index is 0.528. The fraction of sp³-hybridized carbons (Fsp3) is 0.267. The Morgan fingerprint density at radius 3 is 2.61 bits per heavy atom. The van der Waals surface area contributed by atoms with Crippen LogP contribution in [0.2, 0.25) is 5.15 Å². The van der Waals surface area contributed by atoms with Crippen LogP contribution in [0.1, 0.15) is 22.3 Å². The van der Waals surface area contributed by atoms with Crippen molar-refractivity contribution < 1.29 is 0 Å². The third-order valence-electron chi connectivity index (χ3n) is 3.29. The van der Waals surface area contributed by atoms with E-state index in [1.807, 2.05) is 13.0 Å². The summed E-state index contributed by atoms with van der Waals surface area (Å²) in [5.74, 6) is 0. The number of halogens is 1. The molecule has 94 valence electrons. The molecule has 0 aliphatic heterocycles. The topological polar surface area (TPSA) is 24.9 Å². The molecule has 0 spiro atoms. The van der Waals surface area contributed by atoms with Gasteiger partial charge in [-0.2, -0.15) is 0 Å². The summed E-state index contributed by atoms with van der Waals surface area (Å²) in [6.07, 6.45) is 1.72. The van der Waals surface area contributed by atoms with Gasteiger partial charge in [-0.05, 0) is 49.1 Å². The lowest BCUT2D eigenvalue weighted by molar-refractivity contribution is 1.09. The molecule has 0 fully saturated rings. The number of aromatic nitrogens is 1. The summed E-state index contributed by atoms with van der Waals surface area (Å²) < 4.78 is 0. The zero-order chi connectivity index (χ0) is 13.1. The van der Waals surface area contributed by atoms with Gasteiger partial charge < -0.3 is 5.32 Å². The van der Waals surface area contributed by atoms with Crippen LogP contribution in [0, 0.1) is 20.8 Å². The van der Waals surface area contributed by atoms with Gasteiger partial charge in [0.1, 0.15) is 0 Å². The minimum absolute atomic E-state index is 0.528. The van der Waals surface area contributed by atoms with Crippen LogP contribution in [0.5, 0.6) is 0 Å². The lowest BCUT2D eigenvalue weighted by Gasteiger charge is -2.13. The summed E-state index contributed by atoms with van der Waals surface area (Å²) in [6, 6.07) is 8.30. The van der Waals surface area contributed by atoms with Gasteiger partial charge in [-0.25, -0.2) is 4.98 Å². The average Bonchev–Trinajstić information content (AvgIpc) is 2.33. The molecule has 0 aliphatic carbocycles. The zero-order valence-electron chi connectivity index (χ0n) is 10.9. The zero-order valence-corrected chi connectivity index (χ0v) is 11.7. The van der Waals surface area contributed by atoms with Gasteiger partial charge in [0, 0.05) is 12.7 Å². The Morgan fingerprint density at radius 2 is 1.89 bits per heavy atom. The summed E-state index contributed by atoms with van der Waals surface area (Å²) in [5.41, 5.74) is 5.95. The van der Waals surface area contributed by atoms with E-state index in [9.17, 15) is 0 Å². The fourth-order valence-corrected chi connectivity index (χ4v) is 2.20. The van der Waals surface area contributed by atoms with Crippen molar-refractivity contribution in [2.45, 2.75) is 27.3 Å². The van der Waals surface area contributed by atoms with E-state index in [0.717, 1.165) is 17.8 Å². The number of hydrogen-bond acceptors (Lipinski definition) is 2. The number of aryl methyl sites for hydroxylation is 2. The number of nitrogens with zero attached hydrogens (tertiary/aromatic N) is 1. The Kier molecular flexibility index (Phi) is 3.87. The van der Waals surface area contributed by atoms with Crippen LogP contribution in [0.4, 0.5) is 5.69 Å². The van der Waals surface area contributed by atoms with E-state index in [1.54, 1.807) is 6.20 Å². The van der Waals surface area contributed by atoms with Crippen LogP contribution in [0.25, 0.3) is 0 Å². The van der Waals surface area contributed by atoms with E-state index in [0.29, 0.717) is 5.15 Å². The molecule has 3 heteroatoms.